The first-order chi connectivity index (χ1) is 15.9. The number of nitro groups is 1. The molecule has 0 radical (unpaired) electrons. The summed E-state index contributed by atoms with van der Waals surface area (Å²) in [6, 6.07) is 14.5. The molecule has 2 N–H and O–H groups in total. The molecule has 33 heavy (non-hydrogen) atoms. The molecule has 0 unspecified atom stereocenters. The molecular formula is C22H21ClN7O2P. The summed E-state index contributed by atoms with van der Waals surface area (Å²) in [5, 5.41) is 23.2. The number of rotatable bonds is 8. The molecule has 2 aromatic carbocycles. The molecule has 9 nitrogen and oxygen atoms in total. The maximum atomic E-state index is 10.8. The summed E-state index contributed by atoms with van der Waals surface area (Å²) in [5.74, 6) is 0.890. The number of hydrogen-bond donors (Lipinski definition) is 2. The lowest BCUT2D eigenvalue weighted by Crippen LogP contribution is -2.09. The van der Waals surface area contributed by atoms with Crippen LogP contribution in [0, 0.1) is 10.1 Å². The van der Waals surface area contributed by atoms with Gasteiger partial charge in [-0.2, -0.15) is 10.1 Å². The molecule has 0 aliphatic heterocycles. The SMILES string of the molecule is CP(C)c1ccccc1Nc1nc(Nc2cnn(Cc3ccc([N+](=O)[O-])cc3)c2)ncc1Cl. The van der Waals surface area contributed by atoms with Gasteiger partial charge in [0.25, 0.3) is 5.69 Å². The van der Waals surface area contributed by atoms with E-state index in [-0.39, 0.29) is 13.6 Å². The average molecular weight is 482 g/mol. The Labute approximate surface area is 196 Å². The van der Waals surface area contributed by atoms with Gasteiger partial charge < -0.3 is 10.6 Å². The van der Waals surface area contributed by atoms with E-state index in [0.29, 0.717) is 29.0 Å². The monoisotopic (exact) mass is 481 g/mol. The van der Waals surface area contributed by atoms with Crippen molar-refractivity contribution < 1.29 is 4.92 Å². The van der Waals surface area contributed by atoms with Crippen molar-refractivity contribution in [1.82, 2.24) is 19.7 Å². The van der Waals surface area contributed by atoms with Gasteiger partial charge in [0.1, 0.15) is 5.02 Å². The number of aromatic nitrogens is 4. The molecule has 4 rings (SSSR count). The summed E-state index contributed by atoms with van der Waals surface area (Å²) < 4.78 is 1.72. The second kappa shape index (κ2) is 9.94. The van der Waals surface area contributed by atoms with Gasteiger partial charge in [0.2, 0.25) is 5.95 Å². The Bertz CT molecular complexity index is 1280. The lowest BCUT2D eigenvalue weighted by atomic mass is 10.2. The van der Waals surface area contributed by atoms with Crippen molar-refractivity contribution in [2.45, 2.75) is 6.54 Å². The number of hydrogen-bond acceptors (Lipinski definition) is 7. The maximum absolute atomic E-state index is 10.8. The van der Waals surface area contributed by atoms with Crippen LogP contribution in [0.4, 0.5) is 28.8 Å². The van der Waals surface area contributed by atoms with Crippen LogP contribution in [-0.2, 0) is 6.54 Å². The zero-order valence-corrected chi connectivity index (χ0v) is 19.6. The molecule has 0 amide bonds. The topological polar surface area (TPSA) is 111 Å². The number of halogens is 1. The van der Waals surface area contributed by atoms with Crippen LogP contribution in [0.2, 0.25) is 5.02 Å². The lowest BCUT2D eigenvalue weighted by molar-refractivity contribution is -0.384. The second-order valence-corrected chi connectivity index (χ2v) is 10.1. The molecule has 0 saturated heterocycles. The van der Waals surface area contributed by atoms with Crippen LogP contribution in [0.5, 0.6) is 0 Å². The fraction of sp³-hybridized carbons (Fsp3) is 0.136. The summed E-state index contributed by atoms with van der Waals surface area (Å²) in [5.41, 5.74) is 2.63. The van der Waals surface area contributed by atoms with Crippen molar-refractivity contribution in [3.63, 3.8) is 0 Å². The minimum absolute atomic E-state index is 0.0583. The highest BCUT2D eigenvalue weighted by Gasteiger charge is 2.11. The van der Waals surface area contributed by atoms with Gasteiger partial charge >= 0.3 is 0 Å². The molecule has 0 bridgehead atoms. The minimum atomic E-state index is -0.419. The smallest absolute Gasteiger partial charge is 0.269 e. The Balaban J connectivity index is 1.47. The van der Waals surface area contributed by atoms with Crippen molar-refractivity contribution in [3.05, 3.63) is 87.8 Å². The number of anilines is 4. The van der Waals surface area contributed by atoms with Crippen molar-refractivity contribution in [2.75, 3.05) is 24.0 Å². The van der Waals surface area contributed by atoms with Gasteiger partial charge in [-0.15, -0.1) is 0 Å². The van der Waals surface area contributed by atoms with Gasteiger partial charge in [-0.25, -0.2) is 4.98 Å². The van der Waals surface area contributed by atoms with E-state index >= 15 is 0 Å². The van der Waals surface area contributed by atoms with Crippen molar-refractivity contribution >= 4 is 53.7 Å². The molecule has 0 aliphatic rings. The number of nitro benzene ring substituents is 1. The third-order valence-corrected chi connectivity index (χ3v) is 6.39. The third-order valence-electron chi connectivity index (χ3n) is 4.76. The Kier molecular flexibility index (Phi) is 6.82. The van der Waals surface area contributed by atoms with Crippen LogP contribution in [-0.4, -0.2) is 38.0 Å². The molecule has 2 aromatic heterocycles. The van der Waals surface area contributed by atoms with Gasteiger partial charge in [-0.3, -0.25) is 14.8 Å². The van der Waals surface area contributed by atoms with E-state index < -0.39 is 4.92 Å². The number of benzene rings is 2. The standard InChI is InChI=1S/C22H21ClN7O2P/c1-33(2)20-6-4-3-5-19(20)27-21-18(23)12-24-22(28-21)26-16-11-25-29(14-16)13-15-7-9-17(10-8-15)30(31)32/h3-12,14H,13H2,1-2H3,(H2,24,26,27,28). The molecule has 2 heterocycles. The van der Waals surface area contributed by atoms with Gasteiger partial charge in [0.05, 0.1) is 29.5 Å². The fourth-order valence-electron chi connectivity index (χ4n) is 3.17. The summed E-state index contributed by atoms with van der Waals surface area (Å²) in [6.07, 6.45) is 5.01. The minimum Gasteiger partial charge on any atom is -0.338 e. The van der Waals surface area contributed by atoms with E-state index in [9.17, 15) is 10.1 Å². The summed E-state index contributed by atoms with van der Waals surface area (Å²) in [7, 11) is -0.302. The zero-order chi connectivity index (χ0) is 23.4. The molecule has 0 aliphatic carbocycles. The van der Waals surface area contributed by atoms with E-state index in [2.05, 4.69) is 45.1 Å². The van der Waals surface area contributed by atoms with Gasteiger partial charge in [0, 0.05) is 24.0 Å². The molecule has 0 spiro atoms. The molecule has 0 fully saturated rings. The predicted octanol–water partition coefficient (Wildman–Crippen LogP) is 5.14. The van der Waals surface area contributed by atoms with Gasteiger partial charge in [0.15, 0.2) is 5.82 Å². The van der Waals surface area contributed by atoms with Crippen molar-refractivity contribution in [2.24, 2.45) is 0 Å². The van der Waals surface area contributed by atoms with Gasteiger partial charge in [-0.1, -0.05) is 49.9 Å². The number of nitrogens with one attached hydrogen (secondary N) is 2. The largest absolute Gasteiger partial charge is 0.338 e. The second-order valence-electron chi connectivity index (χ2n) is 7.40. The van der Waals surface area contributed by atoms with E-state index in [1.165, 1.54) is 17.4 Å². The lowest BCUT2D eigenvalue weighted by Gasteiger charge is -2.15. The van der Waals surface area contributed by atoms with Crippen LogP contribution in [0.15, 0.2) is 67.1 Å². The zero-order valence-electron chi connectivity index (χ0n) is 17.9. The average Bonchev–Trinajstić information content (AvgIpc) is 3.23. The molecule has 11 heteroatoms. The molecule has 168 valence electrons. The first-order valence-electron chi connectivity index (χ1n) is 9.98. The van der Waals surface area contributed by atoms with E-state index in [1.807, 2.05) is 24.4 Å². The highest BCUT2D eigenvalue weighted by atomic mass is 35.5. The van der Waals surface area contributed by atoms with Crippen LogP contribution in [0.25, 0.3) is 0 Å². The van der Waals surface area contributed by atoms with Crippen molar-refractivity contribution in [3.8, 4) is 0 Å². The van der Waals surface area contributed by atoms with E-state index in [1.54, 1.807) is 29.2 Å². The number of para-hydroxylation sites is 1. The molecule has 0 atom stereocenters. The number of nitrogens with zero attached hydrogens (tertiary/aromatic N) is 5. The Morgan fingerprint density at radius 3 is 2.58 bits per heavy atom. The molecular weight excluding hydrogens is 461 g/mol. The van der Waals surface area contributed by atoms with Crippen LogP contribution >= 0.6 is 19.5 Å². The van der Waals surface area contributed by atoms with E-state index in [4.69, 9.17) is 11.6 Å². The third kappa shape index (κ3) is 5.63. The van der Waals surface area contributed by atoms with Crippen LogP contribution in [0.1, 0.15) is 5.56 Å². The quantitative estimate of drug-likeness (QED) is 0.204. The number of non-ortho nitro benzene ring substituents is 1. The Hall–Kier alpha value is -3.55. The summed E-state index contributed by atoms with van der Waals surface area (Å²) in [4.78, 5) is 19.2. The van der Waals surface area contributed by atoms with Crippen LogP contribution < -0.4 is 15.9 Å². The first kappa shape index (κ1) is 22.6. The van der Waals surface area contributed by atoms with Crippen molar-refractivity contribution in [1.29, 1.82) is 0 Å². The molecule has 0 saturated carbocycles. The Morgan fingerprint density at radius 2 is 1.85 bits per heavy atom. The fourth-order valence-corrected chi connectivity index (χ4v) is 4.30. The summed E-state index contributed by atoms with van der Waals surface area (Å²) in [6.45, 7) is 4.86. The normalized spacial score (nSPS) is 10.9. The van der Waals surface area contributed by atoms with Crippen LogP contribution in [0.3, 0.4) is 0 Å². The highest BCUT2D eigenvalue weighted by molar-refractivity contribution is 7.64. The predicted molar refractivity (Wildman–Crippen MR) is 133 cm³/mol. The first-order valence-corrected chi connectivity index (χ1v) is 12.6. The summed E-state index contributed by atoms with van der Waals surface area (Å²) >= 11 is 6.34. The highest BCUT2D eigenvalue weighted by Crippen LogP contribution is 2.31. The van der Waals surface area contributed by atoms with E-state index in [0.717, 1.165) is 11.3 Å². The molecule has 4 aromatic rings. The van der Waals surface area contributed by atoms with Gasteiger partial charge in [-0.05, 0) is 30.3 Å². The Morgan fingerprint density at radius 1 is 1.09 bits per heavy atom. The maximum Gasteiger partial charge on any atom is 0.269 e.